The van der Waals surface area contributed by atoms with E-state index >= 15 is 0 Å². The highest BCUT2D eigenvalue weighted by atomic mass is 19.4. The van der Waals surface area contributed by atoms with E-state index in [2.05, 4.69) is 9.88 Å². The molecule has 0 aliphatic carbocycles. The highest BCUT2D eigenvalue weighted by molar-refractivity contribution is 5.95. The average molecular weight is 681 g/mol. The molecule has 2 heterocycles. The molecule has 10 heteroatoms. The van der Waals surface area contributed by atoms with Gasteiger partial charge in [0.05, 0.1) is 23.8 Å². The number of carbonyl (C=O) groups excluding carboxylic acids is 2. The number of carbonyl (C=O) groups is 2. The summed E-state index contributed by atoms with van der Waals surface area (Å²) in [5, 5.41) is 0. The minimum atomic E-state index is -4.47. The molecular weight excluding hydrogens is 641 g/mol. The maximum atomic E-state index is 14.3. The molecule has 50 heavy (non-hydrogen) atoms. The van der Waals surface area contributed by atoms with Crippen LogP contribution in [0.5, 0.6) is 0 Å². The Morgan fingerprint density at radius 3 is 2.16 bits per heavy atom. The molecule has 0 aliphatic rings. The van der Waals surface area contributed by atoms with Crippen LogP contribution in [0.25, 0.3) is 17.3 Å². The van der Waals surface area contributed by atoms with E-state index in [-0.39, 0.29) is 18.9 Å². The molecule has 0 spiro atoms. The Balaban J connectivity index is 1.43. The third-order valence-corrected chi connectivity index (χ3v) is 8.37. The summed E-state index contributed by atoms with van der Waals surface area (Å²) in [5.41, 5.74) is 4.07. The van der Waals surface area contributed by atoms with Crippen LogP contribution in [-0.4, -0.2) is 64.7 Å². The van der Waals surface area contributed by atoms with Gasteiger partial charge in [0, 0.05) is 63.0 Å². The summed E-state index contributed by atoms with van der Waals surface area (Å²) < 4.78 is 44.6. The van der Waals surface area contributed by atoms with Crippen molar-refractivity contribution in [3.8, 4) is 11.3 Å². The maximum absolute atomic E-state index is 14.3. The maximum Gasteiger partial charge on any atom is 0.416 e. The number of nitrogens with zero attached hydrogens (tertiary/aromatic N) is 4. The fourth-order valence-corrected chi connectivity index (χ4v) is 5.53. The predicted molar refractivity (Wildman–Crippen MR) is 187 cm³/mol. The molecule has 0 radical (unpaired) electrons. The molecule has 7 nitrogen and oxygen atoms in total. The summed E-state index contributed by atoms with van der Waals surface area (Å²) in [4.78, 5) is 38.1. The standard InChI is InChI=1S/C40H39F3N4O3/c1-45(27-33-21-25-50-29-33)23-24-46(2)39(49)37(26-31-8-4-3-5-9-31)47(28-32-11-16-34(17-12-32)36-10-6-7-22-44-36)38(48)20-15-30-13-18-35(19-14-30)40(41,42)43/h3-22,25,29,37H,23-24,26-28H2,1-2H3/t37-/m0/s1. The lowest BCUT2D eigenvalue weighted by atomic mass is 10.0. The van der Waals surface area contributed by atoms with E-state index in [1.165, 1.54) is 29.2 Å². The fraction of sp³-hybridized carbons (Fsp3) is 0.225. The summed E-state index contributed by atoms with van der Waals surface area (Å²) in [6.45, 7) is 1.78. The predicted octanol–water partition coefficient (Wildman–Crippen LogP) is 7.60. The zero-order valence-corrected chi connectivity index (χ0v) is 28.0. The molecule has 3 aromatic carbocycles. The van der Waals surface area contributed by atoms with E-state index in [0.717, 1.165) is 40.1 Å². The van der Waals surface area contributed by atoms with Crippen LogP contribution < -0.4 is 0 Å². The Labute approximate surface area is 290 Å². The number of amides is 2. The Kier molecular flexibility index (Phi) is 12.0. The monoisotopic (exact) mass is 680 g/mol. The van der Waals surface area contributed by atoms with Gasteiger partial charge in [-0.25, -0.2) is 0 Å². The number of furan rings is 1. The molecule has 0 saturated heterocycles. The molecule has 5 rings (SSSR count). The number of benzene rings is 3. The van der Waals surface area contributed by atoms with Crippen molar-refractivity contribution in [1.29, 1.82) is 0 Å². The molecule has 0 fully saturated rings. The number of hydrogen-bond donors (Lipinski definition) is 0. The molecule has 258 valence electrons. The van der Waals surface area contributed by atoms with Gasteiger partial charge in [-0.1, -0.05) is 72.8 Å². The second-order valence-corrected chi connectivity index (χ2v) is 12.2. The average Bonchev–Trinajstić information content (AvgIpc) is 3.64. The van der Waals surface area contributed by atoms with Gasteiger partial charge < -0.3 is 19.1 Å². The van der Waals surface area contributed by atoms with E-state index in [1.54, 1.807) is 30.7 Å². The zero-order valence-electron chi connectivity index (χ0n) is 28.0. The van der Waals surface area contributed by atoms with Crippen molar-refractivity contribution in [2.45, 2.75) is 31.7 Å². The van der Waals surface area contributed by atoms with Crippen molar-refractivity contribution in [3.05, 3.63) is 156 Å². The van der Waals surface area contributed by atoms with Gasteiger partial charge >= 0.3 is 6.18 Å². The van der Waals surface area contributed by atoms with Crippen LogP contribution in [0, 0.1) is 0 Å². The SMILES string of the molecule is CN(CCN(C)C(=O)[C@H](Cc1ccccc1)N(Cc1ccc(-c2ccccn2)cc1)C(=O)C=Cc1ccc(C(F)(F)F)cc1)Cc1ccoc1. The highest BCUT2D eigenvalue weighted by Crippen LogP contribution is 2.29. The van der Waals surface area contributed by atoms with Crippen LogP contribution in [-0.2, 0) is 35.3 Å². The van der Waals surface area contributed by atoms with Gasteiger partial charge in [0.2, 0.25) is 11.8 Å². The van der Waals surface area contributed by atoms with Crippen LogP contribution in [0.1, 0.15) is 27.8 Å². The van der Waals surface area contributed by atoms with Crippen LogP contribution in [0.3, 0.4) is 0 Å². The normalized spacial score (nSPS) is 12.3. The molecule has 0 N–H and O–H groups in total. The molecule has 0 aliphatic heterocycles. The third kappa shape index (κ3) is 10.0. The third-order valence-electron chi connectivity index (χ3n) is 8.37. The van der Waals surface area contributed by atoms with Crippen molar-refractivity contribution in [1.82, 2.24) is 19.7 Å². The van der Waals surface area contributed by atoms with Crippen LogP contribution >= 0.6 is 0 Å². The van der Waals surface area contributed by atoms with E-state index in [9.17, 15) is 22.8 Å². The Morgan fingerprint density at radius 1 is 0.800 bits per heavy atom. The van der Waals surface area contributed by atoms with E-state index in [4.69, 9.17) is 4.42 Å². The number of aromatic nitrogens is 1. The molecule has 2 amide bonds. The van der Waals surface area contributed by atoms with Crippen LogP contribution in [0.2, 0.25) is 0 Å². The van der Waals surface area contributed by atoms with Crippen molar-refractivity contribution in [2.75, 3.05) is 27.2 Å². The summed E-state index contributed by atoms with van der Waals surface area (Å²) in [6, 6.07) is 28.4. The van der Waals surface area contributed by atoms with Gasteiger partial charge in [-0.15, -0.1) is 0 Å². The second kappa shape index (κ2) is 16.8. The lowest BCUT2D eigenvalue weighted by molar-refractivity contribution is -0.143. The fourth-order valence-electron chi connectivity index (χ4n) is 5.53. The zero-order chi connectivity index (χ0) is 35.5. The van der Waals surface area contributed by atoms with Crippen molar-refractivity contribution < 1.29 is 27.2 Å². The van der Waals surface area contributed by atoms with Crippen LogP contribution in [0.4, 0.5) is 13.2 Å². The van der Waals surface area contributed by atoms with Crippen molar-refractivity contribution in [2.24, 2.45) is 0 Å². The lowest BCUT2D eigenvalue weighted by Gasteiger charge is -2.34. The molecule has 2 aromatic heterocycles. The molecular formula is C40H39F3N4O3. The largest absolute Gasteiger partial charge is 0.472 e. The van der Waals surface area contributed by atoms with Crippen LogP contribution in [0.15, 0.2) is 132 Å². The quantitative estimate of drug-likeness (QED) is 0.113. The number of alkyl halides is 3. The number of pyridine rings is 1. The molecule has 0 unspecified atom stereocenters. The summed E-state index contributed by atoms with van der Waals surface area (Å²) in [7, 11) is 3.69. The summed E-state index contributed by atoms with van der Waals surface area (Å²) in [6.07, 6.45) is 3.61. The summed E-state index contributed by atoms with van der Waals surface area (Å²) >= 11 is 0. The minimum absolute atomic E-state index is 0.121. The van der Waals surface area contributed by atoms with Gasteiger partial charge in [-0.3, -0.25) is 14.6 Å². The smallest absolute Gasteiger partial charge is 0.416 e. The van der Waals surface area contributed by atoms with E-state index < -0.39 is 23.7 Å². The highest BCUT2D eigenvalue weighted by Gasteiger charge is 2.32. The van der Waals surface area contributed by atoms with Gasteiger partial charge in [-0.2, -0.15) is 13.2 Å². The molecule has 0 bridgehead atoms. The van der Waals surface area contributed by atoms with E-state index in [0.29, 0.717) is 25.2 Å². The number of halogens is 3. The summed E-state index contributed by atoms with van der Waals surface area (Å²) in [5.74, 6) is -0.676. The van der Waals surface area contributed by atoms with Gasteiger partial charge in [0.25, 0.3) is 0 Å². The topological polar surface area (TPSA) is 69.9 Å². The van der Waals surface area contributed by atoms with E-state index in [1.807, 2.05) is 85.9 Å². The lowest BCUT2D eigenvalue weighted by Crippen LogP contribution is -2.51. The Hall–Kier alpha value is -5.48. The Bertz CT molecular complexity index is 1830. The number of hydrogen-bond acceptors (Lipinski definition) is 5. The van der Waals surface area contributed by atoms with Crippen molar-refractivity contribution in [3.63, 3.8) is 0 Å². The molecule has 1 atom stereocenters. The number of rotatable bonds is 14. The Morgan fingerprint density at radius 2 is 1.52 bits per heavy atom. The van der Waals surface area contributed by atoms with Crippen molar-refractivity contribution >= 4 is 17.9 Å². The van der Waals surface area contributed by atoms with Gasteiger partial charge in [0.1, 0.15) is 6.04 Å². The first kappa shape index (κ1) is 35.8. The second-order valence-electron chi connectivity index (χ2n) is 12.2. The molecule has 0 saturated carbocycles. The first-order valence-corrected chi connectivity index (χ1v) is 16.2. The number of likely N-dealkylation sites (N-methyl/N-ethyl adjacent to an activating group) is 2. The van der Waals surface area contributed by atoms with Gasteiger partial charge in [0.15, 0.2) is 0 Å². The first-order chi connectivity index (χ1) is 24.1. The molecule has 5 aromatic rings. The van der Waals surface area contributed by atoms with Gasteiger partial charge in [-0.05, 0) is 60.1 Å². The first-order valence-electron chi connectivity index (χ1n) is 16.2. The minimum Gasteiger partial charge on any atom is -0.472 e.